The highest BCUT2D eigenvalue weighted by Crippen LogP contribution is 2.17. The van der Waals surface area contributed by atoms with Crippen molar-refractivity contribution in [1.82, 2.24) is 0 Å². The summed E-state index contributed by atoms with van der Waals surface area (Å²) < 4.78 is 5.32. The summed E-state index contributed by atoms with van der Waals surface area (Å²) in [4.78, 5) is 22.5. The van der Waals surface area contributed by atoms with Crippen LogP contribution < -0.4 is 0 Å². The number of methoxy groups -OCH3 is 1. The van der Waals surface area contributed by atoms with Crippen LogP contribution in [0.2, 0.25) is 0 Å². The number of esters is 1. The van der Waals surface area contributed by atoms with Gasteiger partial charge in [-0.15, -0.1) is 0 Å². The van der Waals surface area contributed by atoms with Crippen LogP contribution in [-0.2, 0) is 4.74 Å². The van der Waals surface area contributed by atoms with Crippen LogP contribution in [0.3, 0.4) is 0 Å². The van der Waals surface area contributed by atoms with Gasteiger partial charge in [-0.1, -0.05) is 15.9 Å². The molecule has 0 aliphatic carbocycles. The van der Waals surface area contributed by atoms with Crippen LogP contribution in [0.5, 0.6) is 0 Å². The summed E-state index contributed by atoms with van der Waals surface area (Å²) in [6.45, 7) is 1.41. The molecule has 1 aromatic carbocycles. The number of ether oxygens (including phenoxy) is 1. The molecule has 14 heavy (non-hydrogen) atoms. The number of rotatable bonds is 2. The highest BCUT2D eigenvalue weighted by atomic mass is 79.9. The summed E-state index contributed by atoms with van der Waals surface area (Å²) in [6, 6.07) is 4.86. The quantitative estimate of drug-likeness (QED) is 0.603. The zero-order valence-electron chi connectivity index (χ0n) is 7.83. The molecule has 0 bridgehead atoms. The van der Waals surface area contributed by atoms with Gasteiger partial charge in [0, 0.05) is 10.0 Å². The minimum absolute atomic E-state index is 0.160. The van der Waals surface area contributed by atoms with E-state index in [1.54, 1.807) is 18.2 Å². The third-order valence-corrected chi connectivity index (χ3v) is 2.26. The van der Waals surface area contributed by atoms with Gasteiger partial charge < -0.3 is 4.74 Å². The molecule has 0 amide bonds. The fraction of sp³-hybridized carbons (Fsp3) is 0.200. The van der Waals surface area contributed by atoms with E-state index < -0.39 is 5.97 Å². The molecule has 0 heterocycles. The van der Waals surface area contributed by atoms with E-state index in [9.17, 15) is 9.59 Å². The minimum atomic E-state index is -0.497. The van der Waals surface area contributed by atoms with Crippen molar-refractivity contribution < 1.29 is 14.3 Å². The summed E-state index contributed by atoms with van der Waals surface area (Å²) in [6.07, 6.45) is 0. The lowest BCUT2D eigenvalue weighted by Crippen LogP contribution is -2.08. The van der Waals surface area contributed by atoms with Crippen molar-refractivity contribution in [3.05, 3.63) is 33.8 Å². The zero-order valence-corrected chi connectivity index (χ0v) is 9.42. The summed E-state index contributed by atoms with van der Waals surface area (Å²) in [5.41, 5.74) is 0.662. The molecule has 0 saturated carbocycles. The van der Waals surface area contributed by atoms with E-state index in [-0.39, 0.29) is 5.78 Å². The molecule has 0 fully saturated rings. The van der Waals surface area contributed by atoms with Gasteiger partial charge in [0.15, 0.2) is 5.78 Å². The lowest BCUT2D eigenvalue weighted by molar-refractivity contribution is 0.0597. The molecule has 0 aliphatic rings. The third-order valence-electron chi connectivity index (χ3n) is 1.77. The molecule has 0 spiro atoms. The van der Waals surface area contributed by atoms with Crippen LogP contribution in [0.4, 0.5) is 0 Å². The Hall–Kier alpha value is -1.16. The second-order valence-corrected chi connectivity index (χ2v) is 3.65. The van der Waals surface area contributed by atoms with E-state index in [4.69, 9.17) is 0 Å². The van der Waals surface area contributed by atoms with Gasteiger partial charge in [-0.25, -0.2) is 4.79 Å². The Morgan fingerprint density at radius 3 is 2.43 bits per heavy atom. The number of carbonyl (C=O) groups is 2. The molecular weight excluding hydrogens is 248 g/mol. The molecule has 1 aromatic rings. The van der Waals surface area contributed by atoms with Gasteiger partial charge in [0.05, 0.1) is 12.7 Å². The van der Waals surface area contributed by atoms with Crippen molar-refractivity contribution in [3.63, 3.8) is 0 Å². The van der Waals surface area contributed by atoms with E-state index in [2.05, 4.69) is 20.7 Å². The molecule has 0 atom stereocenters. The van der Waals surface area contributed by atoms with Crippen LogP contribution in [0.15, 0.2) is 22.7 Å². The molecule has 74 valence electrons. The highest BCUT2D eigenvalue weighted by molar-refractivity contribution is 9.10. The molecule has 0 unspecified atom stereocenters. The fourth-order valence-corrected chi connectivity index (χ4v) is 1.46. The van der Waals surface area contributed by atoms with Crippen molar-refractivity contribution in [2.24, 2.45) is 0 Å². The summed E-state index contributed by atoms with van der Waals surface area (Å²) >= 11 is 3.23. The van der Waals surface area contributed by atoms with Crippen molar-refractivity contribution in [2.45, 2.75) is 6.92 Å². The van der Waals surface area contributed by atoms with Gasteiger partial charge in [0.25, 0.3) is 0 Å². The van der Waals surface area contributed by atoms with Crippen molar-refractivity contribution in [2.75, 3.05) is 7.11 Å². The van der Waals surface area contributed by atoms with Gasteiger partial charge in [-0.3, -0.25) is 4.79 Å². The lowest BCUT2D eigenvalue weighted by atomic mass is 10.0. The normalized spacial score (nSPS) is 9.64. The minimum Gasteiger partial charge on any atom is -0.465 e. The van der Waals surface area contributed by atoms with Crippen molar-refractivity contribution >= 4 is 27.7 Å². The molecule has 0 N–H and O–H groups in total. The first-order valence-corrected chi connectivity index (χ1v) is 4.74. The maximum Gasteiger partial charge on any atom is 0.338 e. The highest BCUT2D eigenvalue weighted by Gasteiger charge is 2.14. The van der Waals surface area contributed by atoms with Crippen LogP contribution in [0.25, 0.3) is 0 Å². The van der Waals surface area contributed by atoms with Crippen molar-refractivity contribution in [1.29, 1.82) is 0 Å². The average Bonchev–Trinajstić information content (AvgIpc) is 2.16. The molecular formula is C10H9BrO3. The number of hydrogen-bond acceptors (Lipinski definition) is 3. The van der Waals surface area contributed by atoms with Crippen LogP contribution in [0.1, 0.15) is 27.6 Å². The average molecular weight is 257 g/mol. The van der Waals surface area contributed by atoms with E-state index in [1.165, 1.54) is 14.0 Å². The predicted molar refractivity (Wildman–Crippen MR) is 55.5 cm³/mol. The maximum absolute atomic E-state index is 11.3. The molecule has 1 rings (SSSR count). The van der Waals surface area contributed by atoms with E-state index in [0.29, 0.717) is 11.1 Å². The van der Waals surface area contributed by atoms with Crippen LogP contribution in [0, 0.1) is 0 Å². The lowest BCUT2D eigenvalue weighted by Gasteiger charge is -2.04. The number of carbonyl (C=O) groups excluding carboxylic acids is 2. The van der Waals surface area contributed by atoms with Gasteiger partial charge in [0.2, 0.25) is 0 Å². The molecule has 4 heteroatoms. The number of ketones is 1. The smallest absolute Gasteiger partial charge is 0.338 e. The molecule has 0 aromatic heterocycles. The first-order valence-electron chi connectivity index (χ1n) is 3.95. The van der Waals surface area contributed by atoms with E-state index in [0.717, 1.165) is 4.47 Å². The first kappa shape index (κ1) is 10.9. The SMILES string of the molecule is COC(=O)c1ccc(Br)cc1C(C)=O. The van der Waals surface area contributed by atoms with Gasteiger partial charge in [-0.2, -0.15) is 0 Å². The Bertz CT molecular complexity index is 385. The molecule has 0 aliphatic heterocycles. The van der Waals surface area contributed by atoms with Crippen LogP contribution >= 0.6 is 15.9 Å². The van der Waals surface area contributed by atoms with E-state index >= 15 is 0 Å². The maximum atomic E-state index is 11.3. The van der Waals surface area contributed by atoms with Crippen molar-refractivity contribution in [3.8, 4) is 0 Å². The Morgan fingerprint density at radius 2 is 1.93 bits per heavy atom. The number of halogens is 1. The standard InChI is InChI=1S/C10H9BrO3/c1-6(12)9-5-7(11)3-4-8(9)10(13)14-2/h3-5H,1-2H3. The number of benzene rings is 1. The molecule has 3 nitrogen and oxygen atoms in total. The van der Waals surface area contributed by atoms with E-state index in [1.807, 2.05) is 0 Å². The zero-order chi connectivity index (χ0) is 10.7. The monoisotopic (exact) mass is 256 g/mol. The second-order valence-electron chi connectivity index (χ2n) is 2.74. The number of hydrogen-bond donors (Lipinski definition) is 0. The second kappa shape index (κ2) is 4.37. The first-order chi connectivity index (χ1) is 6.56. The number of Topliss-reactive ketones (excluding diaryl/α,β-unsaturated/α-hetero) is 1. The fourth-order valence-electron chi connectivity index (χ4n) is 1.10. The van der Waals surface area contributed by atoms with Gasteiger partial charge in [-0.05, 0) is 25.1 Å². The molecule has 0 radical (unpaired) electrons. The summed E-state index contributed by atoms with van der Waals surface area (Å²) in [5, 5.41) is 0. The topological polar surface area (TPSA) is 43.4 Å². The van der Waals surface area contributed by atoms with Crippen LogP contribution in [-0.4, -0.2) is 18.9 Å². The summed E-state index contributed by atoms with van der Waals surface area (Å²) in [7, 11) is 1.29. The molecule has 0 saturated heterocycles. The third kappa shape index (κ3) is 2.20. The Morgan fingerprint density at radius 1 is 1.29 bits per heavy atom. The Labute approximate surface area is 90.2 Å². The summed E-state index contributed by atoms with van der Waals surface area (Å²) in [5.74, 6) is -0.658. The van der Waals surface area contributed by atoms with Gasteiger partial charge in [0.1, 0.15) is 0 Å². The predicted octanol–water partition coefficient (Wildman–Crippen LogP) is 2.44. The Kier molecular flexibility index (Phi) is 3.41. The van der Waals surface area contributed by atoms with Gasteiger partial charge >= 0.3 is 5.97 Å². The largest absolute Gasteiger partial charge is 0.465 e. The Balaban J connectivity index is 3.28.